The predicted molar refractivity (Wildman–Crippen MR) is 108 cm³/mol. The van der Waals surface area contributed by atoms with Crippen LogP contribution in [0.2, 0.25) is 0 Å². The lowest BCUT2D eigenvalue weighted by atomic mass is 9.97. The van der Waals surface area contributed by atoms with Gasteiger partial charge < -0.3 is 5.32 Å². The third-order valence-corrected chi connectivity index (χ3v) is 6.64. The molecule has 0 unspecified atom stereocenters. The largest absolute Gasteiger partial charge is 0.339 e. The summed E-state index contributed by atoms with van der Waals surface area (Å²) < 4.78 is 1.09. The summed E-state index contributed by atoms with van der Waals surface area (Å²) >= 11 is 6.98. The number of anilines is 2. The molecule has 2 aromatic heterocycles. The monoisotopic (exact) mass is 419 g/mol. The van der Waals surface area contributed by atoms with E-state index in [1.165, 1.54) is 40.7 Å². The molecule has 3 aromatic rings. The lowest BCUT2D eigenvalue weighted by Gasteiger charge is -2.14. The van der Waals surface area contributed by atoms with Crippen molar-refractivity contribution in [3.05, 3.63) is 38.7 Å². The van der Waals surface area contributed by atoms with Gasteiger partial charge >= 0.3 is 0 Å². The number of fused-ring (bicyclic) bond motifs is 3. The zero-order valence-electron chi connectivity index (χ0n) is 13.6. The molecule has 24 heavy (non-hydrogen) atoms. The molecule has 4 rings (SSSR count). The van der Waals surface area contributed by atoms with Crippen molar-refractivity contribution >= 4 is 60.8 Å². The highest BCUT2D eigenvalue weighted by molar-refractivity contribution is 9.10. The van der Waals surface area contributed by atoms with Crippen molar-refractivity contribution in [2.45, 2.75) is 37.8 Å². The standard InChI is InChI=1S/C18H18BrN3S2/c1-10-9-11(19)7-8-13(10)20-16-15-12-5-3-4-6-14(12)24-17(15)22-18(21-16)23-2/h7-9H,3-6H2,1-2H3,(H,20,21,22). The third kappa shape index (κ3) is 2.95. The number of halogens is 1. The van der Waals surface area contributed by atoms with Crippen LogP contribution < -0.4 is 5.32 Å². The highest BCUT2D eigenvalue weighted by Crippen LogP contribution is 2.40. The number of hydrogen-bond donors (Lipinski definition) is 1. The first-order valence-electron chi connectivity index (χ1n) is 8.05. The lowest BCUT2D eigenvalue weighted by molar-refractivity contribution is 0.700. The van der Waals surface area contributed by atoms with E-state index in [-0.39, 0.29) is 0 Å². The fourth-order valence-electron chi connectivity index (χ4n) is 3.21. The van der Waals surface area contributed by atoms with Gasteiger partial charge in [0.15, 0.2) is 5.16 Å². The molecule has 0 spiro atoms. The van der Waals surface area contributed by atoms with Gasteiger partial charge in [0.25, 0.3) is 0 Å². The van der Waals surface area contributed by atoms with Crippen molar-refractivity contribution in [2.24, 2.45) is 0 Å². The molecular weight excluding hydrogens is 402 g/mol. The van der Waals surface area contributed by atoms with Gasteiger partial charge in [-0.3, -0.25) is 0 Å². The Morgan fingerprint density at radius 2 is 2.04 bits per heavy atom. The van der Waals surface area contributed by atoms with E-state index >= 15 is 0 Å². The Hall–Kier alpha value is -1.11. The number of rotatable bonds is 3. The number of hydrogen-bond acceptors (Lipinski definition) is 5. The minimum Gasteiger partial charge on any atom is -0.339 e. The van der Waals surface area contributed by atoms with E-state index in [4.69, 9.17) is 9.97 Å². The van der Waals surface area contributed by atoms with Crippen LogP contribution in [0.4, 0.5) is 11.5 Å². The topological polar surface area (TPSA) is 37.8 Å². The van der Waals surface area contributed by atoms with Gasteiger partial charge in [0.05, 0.1) is 5.39 Å². The van der Waals surface area contributed by atoms with Gasteiger partial charge in [-0.1, -0.05) is 27.7 Å². The average Bonchev–Trinajstić information content (AvgIpc) is 2.95. The van der Waals surface area contributed by atoms with Crippen LogP contribution in [0.1, 0.15) is 28.8 Å². The molecule has 0 radical (unpaired) electrons. The first-order chi connectivity index (χ1) is 11.7. The minimum atomic E-state index is 0.832. The average molecular weight is 420 g/mol. The van der Waals surface area contributed by atoms with Crippen LogP contribution in [0.3, 0.4) is 0 Å². The second kappa shape index (κ2) is 6.65. The summed E-state index contributed by atoms with van der Waals surface area (Å²) in [5, 5.41) is 5.64. The molecule has 1 aliphatic rings. The smallest absolute Gasteiger partial charge is 0.190 e. The highest BCUT2D eigenvalue weighted by atomic mass is 79.9. The maximum absolute atomic E-state index is 4.79. The maximum Gasteiger partial charge on any atom is 0.190 e. The van der Waals surface area contributed by atoms with E-state index in [2.05, 4.69) is 46.4 Å². The van der Waals surface area contributed by atoms with Gasteiger partial charge in [-0.2, -0.15) is 0 Å². The quantitative estimate of drug-likeness (QED) is 0.410. The summed E-state index contributed by atoms with van der Waals surface area (Å²) in [6.07, 6.45) is 6.91. The van der Waals surface area contributed by atoms with Gasteiger partial charge in [-0.25, -0.2) is 9.97 Å². The Balaban J connectivity index is 1.87. The van der Waals surface area contributed by atoms with E-state index in [0.29, 0.717) is 0 Å². The van der Waals surface area contributed by atoms with Gasteiger partial charge in [-0.05, 0) is 68.2 Å². The summed E-state index contributed by atoms with van der Waals surface area (Å²) in [5.41, 5.74) is 3.76. The van der Waals surface area contributed by atoms with Crippen molar-refractivity contribution in [1.29, 1.82) is 0 Å². The summed E-state index contributed by atoms with van der Waals surface area (Å²) in [6, 6.07) is 6.29. The summed E-state index contributed by atoms with van der Waals surface area (Å²) in [5.74, 6) is 0.953. The SMILES string of the molecule is CSc1nc(Nc2ccc(Br)cc2C)c2c3c(sc2n1)CCCC3. The van der Waals surface area contributed by atoms with E-state index in [9.17, 15) is 0 Å². The fraction of sp³-hybridized carbons (Fsp3) is 0.333. The zero-order valence-corrected chi connectivity index (χ0v) is 16.9. The third-order valence-electron chi connectivity index (χ3n) is 4.42. The number of thiophene rings is 1. The fourth-order valence-corrected chi connectivity index (χ4v) is 5.37. The number of nitrogens with one attached hydrogen (secondary N) is 1. The van der Waals surface area contributed by atoms with E-state index in [1.807, 2.05) is 17.6 Å². The van der Waals surface area contributed by atoms with Crippen LogP contribution in [0, 0.1) is 6.92 Å². The number of aryl methyl sites for hydroxylation is 3. The molecule has 0 bridgehead atoms. The predicted octanol–water partition coefficient (Wildman–Crippen LogP) is 6.11. The van der Waals surface area contributed by atoms with Crippen LogP contribution in [0.15, 0.2) is 27.8 Å². The van der Waals surface area contributed by atoms with E-state index in [0.717, 1.165) is 32.4 Å². The molecule has 124 valence electrons. The first kappa shape index (κ1) is 16.4. The van der Waals surface area contributed by atoms with Gasteiger partial charge in [0, 0.05) is 15.0 Å². The number of aromatic nitrogens is 2. The van der Waals surface area contributed by atoms with Gasteiger partial charge in [-0.15, -0.1) is 11.3 Å². The van der Waals surface area contributed by atoms with Gasteiger partial charge in [0.2, 0.25) is 0 Å². The molecule has 6 heteroatoms. The minimum absolute atomic E-state index is 0.832. The van der Waals surface area contributed by atoms with Crippen LogP contribution in [-0.2, 0) is 12.8 Å². The number of thioether (sulfide) groups is 1. The second-order valence-corrected chi connectivity index (χ2v) is 8.81. The molecule has 0 saturated heterocycles. The maximum atomic E-state index is 4.79. The normalized spacial score (nSPS) is 14.0. The van der Waals surface area contributed by atoms with Crippen molar-refractivity contribution < 1.29 is 0 Å². The zero-order chi connectivity index (χ0) is 16.7. The van der Waals surface area contributed by atoms with Crippen LogP contribution in [-0.4, -0.2) is 16.2 Å². The van der Waals surface area contributed by atoms with Crippen LogP contribution in [0.5, 0.6) is 0 Å². The van der Waals surface area contributed by atoms with Crippen LogP contribution >= 0.6 is 39.0 Å². The Morgan fingerprint density at radius 1 is 1.21 bits per heavy atom. The van der Waals surface area contributed by atoms with Crippen LogP contribution in [0.25, 0.3) is 10.2 Å². The molecule has 0 saturated carbocycles. The van der Waals surface area contributed by atoms with E-state index in [1.54, 1.807) is 11.8 Å². The number of nitrogens with zero attached hydrogens (tertiary/aromatic N) is 2. The molecule has 1 aliphatic carbocycles. The first-order valence-corrected chi connectivity index (χ1v) is 10.9. The molecule has 1 aromatic carbocycles. The molecule has 1 N–H and O–H groups in total. The van der Waals surface area contributed by atoms with Crippen molar-refractivity contribution in [3.63, 3.8) is 0 Å². The second-order valence-electron chi connectivity index (χ2n) is 6.03. The van der Waals surface area contributed by atoms with Crippen molar-refractivity contribution in [2.75, 3.05) is 11.6 Å². The molecule has 0 fully saturated rings. The number of benzene rings is 1. The highest BCUT2D eigenvalue weighted by Gasteiger charge is 2.21. The molecule has 3 nitrogen and oxygen atoms in total. The Labute approximate surface area is 158 Å². The molecule has 0 aliphatic heterocycles. The molecule has 0 amide bonds. The summed E-state index contributed by atoms with van der Waals surface area (Å²) in [7, 11) is 0. The van der Waals surface area contributed by atoms with Crippen molar-refractivity contribution in [3.8, 4) is 0 Å². The van der Waals surface area contributed by atoms with Gasteiger partial charge in [0.1, 0.15) is 10.6 Å². The van der Waals surface area contributed by atoms with E-state index < -0.39 is 0 Å². The molecule has 0 atom stereocenters. The molecule has 2 heterocycles. The Kier molecular flexibility index (Phi) is 4.54. The Morgan fingerprint density at radius 3 is 2.83 bits per heavy atom. The summed E-state index contributed by atoms with van der Waals surface area (Å²) in [6.45, 7) is 2.12. The van der Waals surface area contributed by atoms with Crippen molar-refractivity contribution in [1.82, 2.24) is 9.97 Å². The molecular formula is C18H18BrN3S2. The summed E-state index contributed by atoms with van der Waals surface area (Å²) in [4.78, 5) is 12.2. The lowest BCUT2D eigenvalue weighted by Crippen LogP contribution is -2.02. The Bertz CT molecular complexity index is 920.